The number of alkyl halides is 3. The van der Waals surface area contributed by atoms with Crippen LogP contribution in [0.2, 0.25) is 0 Å². The van der Waals surface area contributed by atoms with Gasteiger partial charge >= 0.3 is 12.1 Å². The lowest BCUT2D eigenvalue weighted by molar-refractivity contribution is -0.196. The summed E-state index contributed by atoms with van der Waals surface area (Å²) >= 11 is 0. The van der Waals surface area contributed by atoms with Crippen LogP contribution in [0.15, 0.2) is 0 Å². The predicted molar refractivity (Wildman–Crippen MR) is 46.1 cm³/mol. The second kappa shape index (κ2) is 5.32. The highest BCUT2D eigenvalue weighted by Gasteiger charge is 2.43. The maximum Gasteiger partial charge on any atom is 0.471 e. The van der Waals surface area contributed by atoms with Crippen molar-refractivity contribution in [2.24, 2.45) is 0 Å². The average Bonchev–Trinajstić information content (AvgIpc) is 2.15. The minimum absolute atomic E-state index is 0.539. The minimum atomic E-state index is -4.88. The van der Waals surface area contributed by atoms with Crippen LogP contribution in [0.1, 0.15) is 6.92 Å². The van der Waals surface area contributed by atoms with E-state index in [4.69, 9.17) is 9.47 Å². The van der Waals surface area contributed by atoms with E-state index in [9.17, 15) is 18.0 Å². The SMILES string of the molecule is COC(OC)C(C)N(C)C(=O)C(F)(F)F. The second-order valence-electron chi connectivity index (χ2n) is 2.99. The smallest absolute Gasteiger partial charge is 0.354 e. The number of nitrogens with zero attached hydrogens (tertiary/aromatic N) is 1. The zero-order valence-electron chi connectivity index (χ0n) is 8.96. The number of rotatable bonds is 4. The monoisotopic (exact) mass is 229 g/mol. The number of halogens is 3. The molecule has 0 rings (SSSR count). The van der Waals surface area contributed by atoms with Gasteiger partial charge in [-0.1, -0.05) is 0 Å². The summed E-state index contributed by atoms with van der Waals surface area (Å²) in [5, 5.41) is 0. The van der Waals surface area contributed by atoms with Gasteiger partial charge in [-0.3, -0.25) is 4.79 Å². The molecule has 7 heteroatoms. The van der Waals surface area contributed by atoms with Crippen LogP contribution in [0.25, 0.3) is 0 Å². The van der Waals surface area contributed by atoms with Gasteiger partial charge in [0.1, 0.15) is 0 Å². The van der Waals surface area contributed by atoms with Crippen LogP contribution in [-0.2, 0) is 14.3 Å². The van der Waals surface area contributed by atoms with Crippen molar-refractivity contribution in [3.63, 3.8) is 0 Å². The molecule has 0 fully saturated rings. The molecule has 0 aromatic rings. The summed E-state index contributed by atoms with van der Waals surface area (Å²) in [6, 6.07) is -0.825. The molecule has 0 saturated heterocycles. The van der Waals surface area contributed by atoms with Crippen LogP contribution in [0, 0.1) is 0 Å². The third-order valence-corrected chi connectivity index (χ3v) is 2.03. The molecular weight excluding hydrogens is 215 g/mol. The van der Waals surface area contributed by atoms with E-state index in [0.717, 1.165) is 7.05 Å². The Morgan fingerprint density at radius 1 is 1.27 bits per heavy atom. The molecule has 0 N–H and O–H groups in total. The highest BCUT2D eigenvalue weighted by Crippen LogP contribution is 2.20. The number of hydrogen-bond donors (Lipinski definition) is 0. The Morgan fingerprint density at radius 2 is 1.67 bits per heavy atom. The Bertz CT molecular complexity index is 216. The Morgan fingerprint density at radius 3 is 1.93 bits per heavy atom. The summed E-state index contributed by atoms with van der Waals surface area (Å²) in [6.45, 7) is 1.40. The number of carbonyl (C=O) groups excluding carboxylic acids is 1. The average molecular weight is 229 g/mol. The first-order valence-electron chi connectivity index (χ1n) is 4.15. The van der Waals surface area contributed by atoms with Gasteiger partial charge in [0.15, 0.2) is 6.29 Å². The van der Waals surface area contributed by atoms with E-state index < -0.39 is 24.4 Å². The van der Waals surface area contributed by atoms with Crippen molar-refractivity contribution in [3.05, 3.63) is 0 Å². The quantitative estimate of drug-likeness (QED) is 0.675. The Hall–Kier alpha value is -0.820. The van der Waals surface area contributed by atoms with E-state index in [1.54, 1.807) is 0 Å². The van der Waals surface area contributed by atoms with Gasteiger partial charge in [0.05, 0.1) is 6.04 Å². The Kier molecular flexibility index (Phi) is 5.02. The van der Waals surface area contributed by atoms with Crippen molar-refractivity contribution in [2.45, 2.75) is 25.4 Å². The van der Waals surface area contributed by atoms with Gasteiger partial charge < -0.3 is 14.4 Å². The standard InChI is InChI=1S/C8H14F3NO3/c1-5(6(14-3)15-4)12(2)7(13)8(9,10)11/h5-6H,1-4H3. The summed E-state index contributed by atoms with van der Waals surface area (Å²) in [5.74, 6) is -1.92. The highest BCUT2D eigenvalue weighted by molar-refractivity contribution is 5.81. The fourth-order valence-electron chi connectivity index (χ4n) is 1.06. The molecule has 1 unspecified atom stereocenters. The summed E-state index contributed by atoms with van der Waals surface area (Å²) in [6.07, 6.45) is -5.77. The lowest BCUT2D eigenvalue weighted by Gasteiger charge is -2.30. The van der Waals surface area contributed by atoms with E-state index in [0.29, 0.717) is 4.90 Å². The van der Waals surface area contributed by atoms with Gasteiger partial charge in [-0.25, -0.2) is 0 Å². The first-order chi connectivity index (χ1) is 6.75. The maximum absolute atomic E-state index is 12.1. The molecule has 0 radical (unpaired) electrons. The van der Waals surface area contributed by atoms with Crippen molar-refractivity contribution in [3.8, 4) is 0 Å². The first-order valence-corrected chi connectivity index (χ1v) is 4.15. The molecule has 0 aliphatic rings. The first kappa shape index (κ1) is 14.2. The number of amides is 1. The predicted octanol–water partition coefficient (Wildman–Crippen LogP) is 1.01. The molecule has 4 nitrogen and oxygen atoms in total. The van der Waals surface area contributed by atoms with E-state index in [1.165, 1.54) is 21.1 Å². The molecule has 0 bridgehead atoms. The fraction of sp³-hybridized carbons (Fsp3) is 0.875. The van der Waals surface area contributed by atoms with Gasteiger partial charge in [0.2, 0.25) is 0 Å². The lowest BCUT2D eigenvalue weighted by atomic mass is 10.3. The third kappa shape index (κ3) is 3.67. The fourth-order valence-corrected chi connectivity index (χ4v) is 1.06. The van der Waals surface area contributed by atoms with Crippen LogP contribution >= 0.6 is 0 Å². The topological polar surface area (TPSA) is 38.8 Å². The number of ether oxygens (including phenoxy) is 2. The molecule has 0 heterocycles. The summed E-state index contributed by atoms with van der Waals surface area (Å²) in [4.78, 5) is 11.4. The molecule has 0 aromatic heterocycles. The van der Waals surface area contributed by atoms with Crippen LogP contribution in [0.5, 0.6) is 0 Å². The zero-order chi connectivity index (χ0) is 12.2. The third-order valence-electron chi connectivity index (χ3n) is 2.03. The second-order valence-corrected chi connectivity index (χ2v) is 2.99. The van der Waals surface area contributed by atoms with Crippen LogP contribution < -0.4 is 0 Å². The summed E-state index contributed by atoms with van der Waals surface area (Å²) in [7, 11) is 3.62. The van der Waals surface area contributed by atoms with Crippen molar-refractivity contribution in [1.29, 1.82) is 0 Å². The Labute approximate surface area is 85.9 Å². The summed E-state index contributed by atoms with van der Waals surface area (Å²) in [5.41, 5.74) is 0. The van der Waals surface area contributed by atoms with Crippen molar-refractivity contribution in [2.75, 3.05) is 21.3 Å². The lowest BCUT2D eigenvalue weighted by Crippen LogP contribution is -2.49. The molecule has 90 valence electrons. The highest BCUT2D eigenvalue weighted by atomic mass is 19.4. The van der Waals surface area contributed by atoms with Crippen LogP contribution in [0.3, 0.4) is 0 Å². The molecular formula is C8H14F3NO3. The van der Waals surface area contributed by atoms with Crippen LogP contribution in [0.4, 0.5) is 13.2 Å². The molecule has 0 spiro atoms. The normalized spacial score (nSPS) is 14.1. The maximum atomic E-state index is 12.1. The Balaban J connectivity index is 4.57. The number of carbonyl (C=O) groups is 1. The zero-order valence-corrected chi connectivity index (χ0v) is 8.96. The van der Waals surface area contributed by atoms with Crippen molar-refractivity contribution < 1.29 is 27.4 Å². The molecule has 0 aromatic carbocycles. The largest absolute Gasteiger partial charge is 0.471 e. The molecule has 1 atom stereocenters. The van der Waals surface area contributed by atoms with Gasteiger partial charge in [0, 0.05) is 21.3 Å². The van der Waals surface area contributed by atoms with Crippen molar-refractivity contribution in [1.82, 2.24) is 4.90 Å². The molecule has 1 amide bonds. The number of likely N-dealkylation sites (N-methyl/N-ethyl adjacent to an activating group) is 1. The van der Waals surface area contributed by atoms with Gasteiger partial charge in [-0.2, -0.15) is 13.2 Å². The molecule has 0 aliphatic heterocycles. The molecule has 15 heavy (non-hydrogen) atoms. The van der Waals surface area contributed by atoms with Crippen molar-refractivity contribution >= 4 is 5.91 Å². The number of hydrogen-bond acceptors (Lipinski definition) is 3. The minimum Gasteiger partial charge on any atom is -0.354 e. The van der Waals surface area contributed by atoms with E-state index >= 15 is 0 Å². The van der Waals surface area contributed by atoms with E-state index in [1.807, 2.05) is 0 Å². The molecule has 0 aliphatic carbocycles. The molecule has 0 saturated carbocycles. The summed E-state index contributed by atoms with van der Waals surface area (Å²) < 4.78 is 45.7. The van der Waals surface area contributed by atoms with Gasteiger partial charge in [0.25, 0.3) is 0 Å². The van der Waals surface area contributed by atoms with E-state index in [2.05, 4.69) is 0 Å². The van der Waals surface area contributed by atoms with E-state index in [-0.39, 0.29) is 0 Å². The van der Waals surface area contributed by atoms with Gasteiger partial charge in [-0.15, -0.1) is 0 Å². The van der Waals surface area contributed by atoms with Crippen LogP contribution in [-0.4, -0.2) is 50.6 Å². The van der Waals surface area contributed by atoms with Gasteiger partial charge in [-0.05, 0) is 6.92 Å². The number of methoxy groups -OCH3 is 2.